The highest BCUT2D eigenvalue weighted by Crippen LogP contribution is 2.53. The molecule has 51 heavy (non-hydrogen) atoms. The summed E-state index contributed by atoms with van der Waals surface area (Å²) in [6, 6.07) is 32.4. The first-order valence-corrected chi connectivity index (χ1v) is 17.8. The molecule has 4 aromatic carbocycles. The Morgan fingerprint density at radius 1 is 0.647 bits per heavy atom. The van der Waals surface area contributed by atoms with E-state index in [1.165, 1.54) is 0 Å². The number of para-hydroxylation sites is 2. The first kappa shape index (κ1) is 38.2. The van der Waals surface area contributed by atoms with Gasteiger partial charge in [0.25, 0.3) is 5.91 Å². The van der Waals surface area contributed by atoms with Crippen LogP contribution in [0.25, 0.3) is 0 Å². The molecule has 12 nitrogen and oxygen atoms in total. The van der Waals surface area contributed by atoms with Crippen molar-refractivity contribution in [3.8, 4) is 11.5 Å². The second kappa shape index (κ2) is 16.9. The van der Waals surface area contributed by atoms with E-state index in [-0.39, 0.29) is 12.4 Å². The van der Waals surface area contributed by atoms with E-state index in [2.05, 4.69) is 20.9 Å². The van der Waals surface area contributed by atoms with Gasteiger partial charge in [0.15, 0.2) is 5.78 Å². The number of hydrogen-bond acceptors (Lipinski definition) is 9. The number of ether oxygens (including phenoxy) is 2. The molecule has 0 aliphatic carbocycles. The summed E-state index contributed by atoms with van der Waals surface area (Å²) in [5, 5.41) is 7.78. The fraction of sp³-hybridized carbons (Fsp3) is 0.263. The van der Waals surface area contributed by atoms with Crippen molar-refractivity contribution in [2.45, 2.75) is 64.9 Å². The number of alkyl carbamates (subject to hydrolysis) is 2. The molecular formula is C38H43N4O8P. The minimum atomic E-state index is -4.20. The van der Waals surface area contributed by atoms with Crippen molar-refractivity contribution < 1.29 is 37.5 Å². The van der Waals surface area contributed by atoms with Gasteiger partial charge >= 0.3 is 19.8 Å². The zero-order chi connectivity index (χ0) is 37.1. The number of guanidine groups is 1. The molecule has 1 atom stereocenters. The monoisotopic (exact) mass is 714 g/mol. The Morgan fingerprint density at radius 2 is 1.08 bits per heavy atom. The molecule has 0 saturated carbocycles. The molecule has 4 aromatic rings. The lowest BCUT2D eigenvalue weighted by Gasteiger charge is -2.28. The molecule has 0 radical (unpaired) electrons. The van der Waals surface area contributed by atoms with Gasteiger partial charge < -0.3 is 23.8 Å². The summed E-state index contributed by atoms with van der Waals surface area (Å²) in [4.78, 5) is 43.0. The smallest absolute Gasteiger partial charge is 0.444 e. The number of hydrogen-bond donors (Lipinski definition) is 3. The van der Waals surface area contributed by atoms with Crippen molar-refractivity contribution in [3.05, 3.63) is 126 Å². The normalized spacial score (nSPS) is 12.0. The molecule has 0 aromatic heterocycles. The second-order valence-corrected chi connectivity index (χ2v) is 15.4. The van der Waals surface area contributed by atoms with Crippen molar-refractivity contribution in [1.82, 2.24) is 16.0 Å². The van der Waals surface area contributed by atoms with Crippen LogP contribution in [0.3, 0.4) is 0 Å². The van der Waals surface area contributed by atoms with Crippen LogP contribution in [-0.4, -0.2) is 41.0 Å². The Morgan fingerprint density at radius 3 is 1.51 bits per heavy atom. The average Bonchev–Trinajstić information content (AvgIpc) is 3.04. The van der Waals surface area contributed by atoms with Crippen LogP contribution < -0.4 is 25.0 Å². The van der Waals surface area contributed by atoms with Gasteiger partial charge in [-0.05, 0) is 95.6 Å². The predicted octanol–water partition coefficient (Wildman–Crippen LogP) is 8.37. The van der Waals surface area contributed by atoms with E-state index in [4.69, 9.17) is 18.5 Å². The molecule has 268 valence electrons. The maximum absolute atomic E-state index is 14.9. The minimum absolute atomic E-state index is 0.0265. The van der Waals surface area contributed by atoms with Gasteiger partial charge in [-0.15, -0.1) is 0 Å². The SMILES string of the molecule is CC(C)(C)OC(=O)NC(=Nc1ccc(CC(NC(=O)c2ccccc2)P(=O)(Oc2ccccc2)Oc2ccccc2)cc1)NC(=O)OC(C)(C)C. The number of amides is 3. The Kier molecular flexibility index (Phi) is 12.6. The topological polar surface area (TPSA) is 154 Å². The summed E-state index contributed by atoms with van der Waals surface area (Å²) in [5.74, 6) is -1.26. The van der Waals surface area contributed by atoms with E-state index >= 15 is 0 Å². The molecule has 0 spiro atoms. The van der Waals surface area contributed by atoms with Crippen molar-refractivity contribution in [2.24, 2.45) is 4.99 Å². The Labute approximate surface area is 298 Å². The number of nitrogens with one attached hydrogen (secondary N) is 3. The predicted molar refractivity (Wildman–Crippen MR) is 195 cm³/mol. The third-order valence-electron chi connectivity index (χ3n) is 6.51. The van der Waals surface area contributed by atoms with Crippen LogP contribution >= 0.6 is 7.60 Å². The average molecular weight is 715 g/mol. The van der Waals surface area contributed by atoms with Crippen LogP contribution in [0, 0.1) is 0 Å². The Balaban J connectivity index is 1.66. The lowest BCUT2D eigenvalue weighted by molar-refractivity contribution is 0.0544. The highest BCUT2D eigenvalue weighted by Gasteiger charge is 2.41. The number of carbonyl (C=O) groups is 3. The van der Waals surface area contributed by atoms with Crippen LogP contribution in [0.2, 0.25) is 0 Å². The van der Waals surface area contributed by atoms with E-state index in [1.807, 2.05) is 0 Å². The Bertz CT molecular complexity index is 1760. The van der Waals surface area contributed by atoms with Crippen LogP contribution in [-0.2, 0) is 20.5 Å². The van der Waals surface area contributed by atoms with Gasteiger partial charge in [0.05, 0.1) is 5.69 Å². The first-order valence-electron chi connectivity index (χ1n) is 16.2. The molecule has 0 fully saturated rings. The number of nitrogens with zero attached hydrogens (tertiary/aromatic N) is 1. The van der Waals surface area contributed by atoms with E-state index < -0.39 is 42.7 Å². The van der Waals surface area contributed by atoms with Crippen LogP contribution in [0.5, 0.6) is 11.5 Å². The highest BCUT2D eigenvalue weighted by molar-refractivity contribution is 7.55. The van der Waals surface area contributed by atoms with Crippen molar-refractivity contribution in [3.63, 3.8) is 0 Å². The van der Waals surface area contributed by atoms with E-state index in [0.717, 1.165) is 0 Å². The standard InChI is InChI=1S/C38H43N4O8P/c1-37(2,3)47-35(44)41-34(42-36(45)48-38(4,5)6)39-29-24-22-27(23-25-29)26-32(40-33(43)28-16-10-7-11-17-28)51(46,49-30-18-12-8-13-19-30)50-31-20-14-9-15-21-31/h7-25,32H,26H2,1-6H3,(H,40,43)(H2,39,41,42,44,45). The van der Waals surface area contributed by atoms with Crippen molar-refractivity contribution in [2.75, 3.05) is 0 Å². The number of rotatable bonds is 10. The summed E-state index contributed by atoms with van der Waals surface area (Å²) in [6.07, 6.45) is -1.64. The highest BCUT2D eigenvalue weighted by atomic mass is 31.2. The maximum Gasteiger partial charge on any atom is 0.453 e. The largest absolute Gasteiger partial charge is 0.453 e. The van der Waals surface area contributed by atoms with Gasteiger partial charge in [0.1, 0.15) is 22.7 Å². The van der Waals surface area contributed by atoms with Gasteiger partial charge in [-0.3, -0.25) is 15.4 Å². The van der Waals surface area contributed by atoms with Gasteiger partial charge in [-0.1, -0.05) is 66.7 Å². The van der Waals surface area contributed by atoms with Crippen LogP contribution in [0.4, 0.5) is 15.3 Å². The zero-order valence-electron chi connectivity index (χ0n) is 29.4. The van der Waals surface area contributed by atoms with Crippen LogP contribution in [0.1, 0.15) is 57.5 Å². The molecule has 0 aliphatic heterocycles. The quantitative estimate of drug-likeness (QED) is 0.0841. The van der Waals surface area contributed by atoms with E-state index in [1.54, 1.807) is 157 Å². The molecule has 4 rings (SSSR count). The first-order chi connectivity index (χ1) is 24.1. The van der Waals surface area contributed by atoms with Crippen LogP contribution in [0.15, 0.2) is 120 Å². The van der Waals surface area contributed by atoms with E-state index in [0.29, 0.717) is 28.3 Å². The Hall–Kier alpha value is -5.61. The summed E-state index contributed by atoms with van der Waals surface area (Å²) >= 11 is 0. The molecule has 3 amide bonds. The number of benzene rings is 4. The zero-order valence-corrected chi connectivity index (χ0v) is 30.3. The number of carbonyl (C=O) groups excluding carboxylic acids is 3. The summed E-state index contributed by atoms with van der Waals surface area (Å²) in [7, 11) is -4.20. The second-order valence-electron chi connectivity index (χ2n) is 13.3. The summed E-state index contributed by atoms with van der Waals surface area (Å²) in [6.45, 7) is 10.2. The minimum Gasteiger partial charge on any atom is -0.444 e. The molecule has 0 aliphatic rings. The molecule has 1 unspecified atom stereocenters. The van der Waals surface area contributed by atoms with Crippen molar-refractivity contribution in [1.29, 1.82) is 0 Å². The fourth-order valence-corrected chi connectivity index (χ4v) is 6.25. The molecular weight excluding hydrogens is 671 g/mol. The third kappa shape index (κ3) is 13.0. The summed E-state index contributed by atoms with van der Waals surface area (Å²) < 4.78 is 37.7. The lowest BCUT2D eigenvalue weighted by Crippen LogP contribution is -2.47. The molecule has 0 saturated heterocycles. The number of aliphatic imine (C=N–C) groups is 1. The maximum atomic E-state index is 14.9. The van der Waals surface area contributed by atoms with E-state index in [9.17, 15) is 18.9 Å². The molecule has 0 heterocycles. The third-order valence-corrected chi connectivity index (χ3v) is 8.52. The van der Waals surface area contributed by atoms with Gasteiger partial charge in [-0.25, -0.2) is 19.1 Å². The van der Waals surface area contributed by atoms with Gasteiger partial charge in [-0.2, -0.15) is 0 Å². The van der Waals surface area contributed by atoms with Crippen molar-refractivity contribution >= 4 is 37.3 Å². The summed E-state index contributed by atoms with van der Waals surface area (Å²) in [5.41, 5.74) is -0.259. The molecule has 13 heteroatoms. The van der Waals surface area contributed by atoms with Gasteiger partial charge in [0, 0.05) is 12.0 Å². The van der Waals surface area contributed by atoms with Gasteiger partial charge in [0.2, 0.25) is 5.96 Å². The lowest BCUT2D eigenvalue weighted by atomic mass is 10.1. The molecule has 0 bridgehead atoms. The molecule has 3 N–H and O–H groups in total. The fourth-order valence-electron chi connectivity index (χ4n) is 4.42.